The van der Waals surface area contributed by atoms with Crippen molar-refractivity contribution in [3.63, 3.8) is 0 Å². The highest BCUT2D eigenvalue weighted by atomic mass is 16.5. The standard InChI is InChI=1S/C18H30N2O/c1-6-14(4)17-12-20(18(11-19-17)13(2)3)15-7-9-16(21-5)10-8-15/h7-10,13-14,17-19H,6,11-12H2,1-5H3. The van der Waals surface area contributed by atoms with Crippen molar-refractivity contribution < 1.29 is 4.74 Å². The van der Waals surface area contributed by atoms with Crippen LogP contribution in [0.4, 0.5) is 5.69 Å². The van der Waals surface area contributed by atoms with Gasteiger partial charge in [-0.25, -0.2) is 0 Å². The molecule has 1 N–H and O–H groups in total. The third-order valence-corrected chi connectivity index (χ3v) is 4.89. The van der Waals surface area contributed by atoms with Crippen LogP contribution in [0.3, 0.4) is 0 Å². The van der Waals surface area contributed by atoms with Crippen LogP contribution in [0.5, 0.6) is 5.75 Å². The summed E-state index contributed by atoms with van der Waals surface area (Å²) in [5, 5.41) is 3.76. The van der Waals surface area contributed by atoms with Gasteiger partial charge in [0, 0.05) is 30.9 Å². The summed E-state index contributed by atoms with van der Waals surface area (Å²) in [6, 6.07) is 9.63. The molecule has 1 aromatic rings. The second kappa shape index (κ2) is 7.17. The first-order chi connectivity index (χ1) is 10.1. The molecule has 0 aromatic heterocycles. The summed E-state index contributed by atoms with van der Waals surface area (Å²) in [7, 11) is 1.72. The summed E-state index contributed by atoms with van der Waals surface area (Å²) in [5.74, 6) is 2.27. The Morgan fingerprint density at radius 3 is 2.43 bits per heavy atom. The van der Waals surface area contributed by atoms with Crippen LogP contribution in [0.1, 0.15) is 34.1 Å². The third kappa shape index (κ3) is 3.70. The molecule has 1 aliphatic heterocycles. The maximum Gasteiger partial charge on any atom is 0.119 e. The van der Waals surface area contributed by atoms with Crippen LogP contribution in [-0.2, 0) is 0 Å². The third-order valence-electron chi connectivity index (χ3n) is 4.89. The van der Waals surface area contributed by atoms with Gasteiger partial charge in [-0.3, -0.25) is 0 Å². The number of hydrogen-bond acceptors (Lipinski definition) is 3. The van der Waals surface area contributed by atoms with Gasteiger partial charge in [0.2, 0.25) is 0 Å². The number of nitrogens with zero attached hydrogens (tertiary/aromatic N) is 1. The molecule has 0 aliphatic carbocycles. The SMILES string of the molecule is CCC(C)C1CN(c2ccc(OC)cc2)C(C(C)C)CN1. The van der Waals surface area contributed by atoms with Crippen molar-refractivity contribution in [2.45, 2.75) is 46.2 Å². The van der Waals surface area contributed by atoms with Crippen molar-refractivity contribution in [2.24, 2.45) is 11.8 Å². The number of rotatable bonds is 5. The van der Waals surface area contributed by atoms with E-state index in [0.717, 1.165) is 18.8 Å². The number of nitrogens with one attached hydrogen (secondary N) is 1. The van der Waals surface area contributed by atoms with E-state index < -0.39 is 0 Å². The first kappa shape index (κ1) is 16.2. The highest BCUT2D eigenvalue weighted by Crippen LogP contribution is 2.27. The Labute approximate surface area is 129 Å². The van der Waals surface area contributed by atoms with Crippen LogP contribution in [0.2, 0.25) is 0 Å². The number of ether oxygens (including phenoxy) is 1. The summed E-state index contributed by atoms with van der Waals surface area (Å²) in [6.07, 6.45) is 1.22. The zero-order chi connectivity index (χ0) is 15.4. The largest absolute Gasteiger partial charge is 0.497 e. The molecule has 0 radical (unpaired) electrons. The van der Waals surface area contributed by atoms with Crippen molar-refractivity contribution >= 4 is 5.69 Å². The fraction of sp³-hybridized carbons (Fsp3) is 0.667. The summed E-state index contributed by atoms with van der Waals surface area (Å²) < 4.78 is 5.28. The number of anilines is 1. The average Bonchev–Trinajstić information content (AvgIpc) is 2.53. The van der Waals surface area contributed by atoms with Gasteiger partial charge in [0.05, 0.1) is 7.11 Å². The Hall–Kier alpha value is -1.22. The molecule has 3 unspecified atom stereocenters. The van der Waals surface area contributed by atoms with E-state index in [1.54, 1.807) is 7.11 Å². The maximum absolute atomic E-state index is 5.28. The number of piperazine rings is 1. The second-order valence-electron chi connectivity index (χ2n) is 6.56. The molecule has 21 heavy (non-hydrogen) atoms. The van der Waals surface area contributed by atoms with Gasteiger partial charge in [0.15, 0.2) is 0 Å². The van der Waals surface area contributed by atoms with Crippen molar-refractivity contribution in [1.82, 2.24) is 5.32 Å². The molecule has 3 nitrogen and oxygen atoms in total. The summed E-state index contributed by atoms with van der Waals surface area (Å²) in [4.78, 5) is 2.58. The Kier molecular flexibility index (Phi) is 5.51. The Bertz CT molecular complexity index is 429. The monoisotopic (exact) mass is 290 g/mol. The smallest absolute Gasteiger partial charge is 0.119 e. The van der Waals surface area contributed by atoms with Gasteiger partial charge < -0.3 is 15.0 Å². The molecule has 1 heterocycles. The molecule has 1 aromatic carbocycles. The molecule has 0 spiro atoms. The molecule has 2 rings (SSSR count). The van der Waals surface area contributed by atoms with Gasteiger partial charge in [-0.1, -0.05) is 34.1 Å². The number of benzene rings is 1. The number of hydrogen-bond donors (Lipinski definition) is 1. The first-order valence-electron chi connectivity index (χ1n) is 8.20. The maximum atomic E-state index is 5.28. The first-order valence-corrected chi connectivity index (χ1v) is 8.20. The molecular weight excluding hydrogens is 260 g/mol. The fourth-order valence-corrected chi connectivity index (χ4v) is 3.13. The fourth-order valence-electron chi connectivity index (χ4n) is 3.13. The summed E-state index contributed by atoms with van der Waals surface area (Å²) >= 11 is 0. The van der Waals surface area contributed by atoms with Crippen molar-refractivity contribution in [3.8, 4) is 5.75 Å². The van der Waals surface area contributed by atoms with E-state index in [1.165, 1.54) is 12.1 Å². The van der Waals surface area contributed by atoms with E-state index in [0.29, 0.717) is 23.9 Å². The van der Waals surface area contributed by atoms with Gasteiger partial charge in [-0.15, -0.1) is 0 Å². The zero-order valence-corrected chi connectivity index (χ0v) is 14.1. The quantitative estimate of drug-likeness (QED) is 0.897. The van der Waals surface area contributed by atoms with Crippen LogP contribution < -0.4 is 15.0 Å². The van der Waals surface area contributed by atoms with Crippen molar-refractivity contribution in [2.75, 3.05) is 25.1 Å². The molecule has 0 bridgehead atoms. The Balaban J connectivity index is 2.20. The van der Waals surface area contributed by atoms with Gasteiger partial charge in [-0.2, -0.15) is 0 Å². The van der Waals surface area contributed by atoms with Gasteiger partial charge in [-0.05, 0) is 36.1 Å². The predicted octanol–water partition coefficient (Wildman–Crippen LogP) is 3.54. The van der Waals surface area contributed by atoms with E-state index in [9.17, 15) is 0 Å². The molecule has 1 aliphatic rings. The minimum atomic E-state index is 0.554. The highest BCUT2D eigenvalue weighted by molar-refractivity contribution is 5.51. The Morgan fingerprint density at radius 2 is 1.90 bits per heavy atom. The molecule has 0 saturated carbocycles. The second-order valence-corrected chi connectivity index (χ2v) is 6.56. The molecule has 118 valence electrons. The number of methoxy groups -OCH3 is 1. The molecule has 3 atom stereocenters. The van der Waals surface area contributed by atoms with Crippen molar-refractivity contribution in [1.29, 1.82) is 0 Å². The minimum absolute atomic E-state index is 0.554. The lowest BCUT2D eigenvalue weighted by Crippen LogP contribution is -2.60. The lowest BCUT2D eigenvalue weighted by Gasteiger charge is -2.45. The van der Waals surface area contributed by atoms with Gasteiger partial charge in [0.1, 0.15) is 5.75 Å². The van der Waals surface area contributed by atoms with Crippen LogP contribution >= 0.6 is 0 Å². The average molecular weight is 290 g/mol. The van der Waals surface area contributed by atoms with Crippen LogP contribution in [0.15, 0.2) is 24.3 Å². The van der Waals surface area contributed by atoms with Crippen LogP contribution in [-0.4, -0.2) is 32.3 Å². The molecule has 1 saturated heterocycles. The predicted molar refractivity (Wildman–Crippen MR) is 90.2 cm³/mol. The summed E-state index contributed by atoms with van der Waals surface area (Å²) in [6.45, 7) is 11.4. The van der Waals surface area contributed by atoms with Crippen LogP contribution in [0, 0.1) is 11.8 Å². The molecule has 0 amide bonds. The topological polar surface area (TPSA) is 24.5 Å². The van der Waals surface area contributed by atoms with E-state index in [4.69, 9.17) is 4.74 Å². The van der Waals surface area contributed by atoms with E-state index in [1.807, 2.05) is 0 Å². The van der Waals surface area contributed by atoms with Gasteiger partial charge >= 0.3 is 0 Å². The lowest BCUT2D eigenvalue weighted by molar-refractivity contribution is 0.281. The normalized spacial score (nSPS) is 24.2. The zero-order valence-electron chi connectivity index (χ0n) is 14.1. The van der Waals surface area contributed by atoms with Gasteiger partial charge in [0.25, 0.3) is 0 Å². The van der Waals surface area contributed by atoms with Crippen LogP contribution in [0.25, 0.3) is 0 Å². The summed E-state index contributed by atoms with van der Waals surface area (Å²) in [5.41, 5.74) is 1.31. The highest BCUT2D eigenvalue weighted by Gasteiger charge is 2.31. The van der Waals surface area contributed by atoms with E-state index in [2.05, 4.69) is 62.2 Å². The van der Waals surface area contributed by atoms with Crippen molar-refractivity contribution in [3.05, 3.63) is 24.3 Å². The molecular formula is C18H30N2O. The minimum Gasteiger partial charge on any atom is -0.497 e. The lowest BCUT2D eigenvalue weighted by atomic mass is 9.91. The van der Waals surface area contributed by atoms with E-state index >= 15 is 0 Å². The molecule has 3 heteroatoms. The van der Waals surface area contributed by atoms with E-state index in [-0.39, 0.29) is 0 Å². The molecule has 1 fully saturated rings. The Morgan fingerprint density at radius 1 is 1.24 bits per heavy atom.